The third-order valence-electron chi connectivity index (χ3n) is 2.77. The van der Waals surface area contributed by atoms with Crippen molar-refractivity contribution in [2.24, 2.45) is 0 Å². The molecule has 0 spiro atoms. The molecule has 100 valence electrons. The number of hydrogen-bond acceptors (Lipinski definition) is 3. The molecule has 2 heterocycles. The van der Waals surface area contributed by atoms with Crippen LogP contribution in [0.1, 0.15) is 4.88 Å². The Bertz CT molecular complexity index is 709. The molecule has 3 rings (SSSR count). The molecular weight excluding hydrogens is 340 g/mol. The van der Waals surface area contributed by atoms with Gasteiger partial charge in [0.05, 0.1) is 5.69 Å². The van der Waals surface area contributed by atoms with Crippen molar-refractivity contribution in [3.8, 4) is 0 Å². The lowest BCUT2D eigenvalue weighted by Crippen LogP contribution is -2.30. The highest BCUT2D eigenvalue weighted by Crippen LogP contribution is 2.25. The van der Waals surface area contributed by atoms with Crippen LogP contribution in [0.2, 0.25) is 0 Å². The first-order chi connectivity index (χ1) is 9.65. The molecule has 1 fully saturated rings. The average molecular weight is 349 g/mol. The largest absolute Gasteiger partial charge is 0.333 e. The number of amides is 3. The van der Waals surface area contributed by atoms with Gasteiger partial charge >= 0.3 is 6.03 Å². The minimum atomic E-state index is -0.428. The number of nitrogens with one attached hydrogen (secondary N) is 1. The lowest BCUT2D eigenvalue weighted by Gasteiger charge is -2.10. The van der Waals surface area contributed by atoms with Crippen LogP contribution >= 0.6 is 27.3 Å². The number of thiophene rings is 1. The maximum absolute atomic E-state index is 12.3. The monoisotopic (exact) mass is 348 g/mol. The number of halogens is 1. The number of nitrogens with zero attached hydrogens (tertiary/aromatic N) is 1. The molecule has 0 radical (unpaired) electrons. The Morgan fingerprint density at radius 1 is 1.20 bits per heavy atom. The van der Waals surface area contributed by atoms with Gasteiger partial charge < -0.3 is 5.32 Å². The number of anilines is 1. The number of hydrogen-bond donors (Lipinski definition) is 1. The van der Waals surface area contributed by atoms with Gasteiger partial charge in [0.2, 0.25) is 0 Å². The molecule has 3 amide bonds. The first kappa shape index (κ1) is 13.1. The maximum Gasteiger partial charge on any atom is 0.333 e. The highest BCUT2D eigenvalue weighted by molar-refractivity contribution is 9.10. The molecular formula is C14H9BrN2O2S. The first-order valence-electron chi connectivity index (χ1n) is 5.81. The Kier molecular flexibility index (Phi) is 3.42. The molecule has 0 aliphatic carbocycles. The third-order valence-corrected chi connectivity index (χ3v) is 4.41. The van der Waals surface area contributed by atoms with E-state index < -0.39 is 6.03 Å². The molecule has 1 aliphatic heterocycles. The van der Waals surface area contributed by atoms with Gasteiger partial charge in [-0.15, -0.1) is 11.3 Å². The second-order valence-electron chi connectivity index (χ2n) is 4.13. The van der Waals surface area contributed by atoms with E-state index in [1.807, 2.05) is 17.5 Å². The second-order valence-corrected chi connectivity index (χ2v) is 5.99. The van der Waals surface area contributed by atoms with Crippen LogP contribution in [0.4, 0.5) is 10.5 Å². The topological polar surface area (TPSA) is 49.4 Å². The van der Waals surface area contributed by atoms with Gasteiger partial charge in [0.1, 0.15) is 5.70 Å². The van der Waals surface area contributed by atoms with Gasteiger partial charge in [0.25, 0.3) is 5.91 Å². The molecule has 4 nitrogen and oxygen atoms in total. The molecule has 1 aromatic carbocycles. The predicted molar refractivity (Wildman–Crippen MR) is 82.5 cm³/mol. The first-order valence-corrected chi connectivity index (χ1v) is 7.48. The van der Waals surface area contributed by atoms with E-state index in [9.17, 15) is 9.59 Å². The number of rotatable bonds is 2. The Morgan fingerprint density at radius 2 is 1.95 bits per heavy atom. The van der Waals surface area contributed by atoms with Crippen LogP contribution in [-0.4, -0.2) is 11.9 Å². The lowest BCUT2D eigenvalue weighted by atomic mass is 10.3. The Hall–Kier alpha value is -1.92. The van der Waals surface area contributed by atoms with E-state index in [0.29, 0.717) is 5.69 Å². The highest BCUT2D eigenvalue weighted by Gasteiger charge is 2.34. The molecule has 1 aromatic heterocycles. The number of carbonyl (C=O) groups is 2. The SMILES string of the molecule is O=C1N/C(=C/c2cc(Br)cs2)C(=O)N1c1ccccc1. The van der Waals surface area contributed by atoms with Crippen molar-refractivity contribution in [2.75, 3.05) is 4.90 Å². The van der Waals surface area contributed by atoms with Gasteiger partial charge in [-0.05, 0) is 40.2 Å². The van der Waals surface area contributed by atoms with Crippen molar-refractivity contribution >= 4 is 51.0 Å². The second kappa shape index (κ2) is 5.22. The van der Waals surface area contributed by atoms with E-state index in [1.165, 1.54) is 11.3 Å². The molecule has 1 aliphatic rings. The molecule has 0 atom stereocenters. The van der Waals surface area contributed by atoms with Crippen LogP contribution in [-0.2, 0) is 4.79 Å². The maximum atomic E-state index is 12.3. The summed E-state index contributed by atoms with van der Waals surface area (Å²) in [5, 5.41) is 4.52. The summed E-state index contributed by atoms with van der Waals surface area (Å²) in [5.74, 6) is -0.342. The van der Waals surface area contributed by atoms with E-state index in [4.69, 9.17) is 0 Å². The summed E-state index contributed by atoms with van der Waals surface area (Å²) >= 11 is 4.85. The van der Waals surface area contributed by atoms with Gasteiger partial charge in [-0.3, -0.25) is 4.79 Å². The zero-order chi connectivity index (χ0) is 14.1. The minimum absolute atomic E-state index is 0.285. The summed E-state index contributed by atoms with van der Waals surface area (Å²) < 4.78 is 0.950. The summed E-state index contributed by atoms with van der Waals surface area (Å²) in [6.07, 6.45) is 1.68. The van der Waals surface area contributed by atoms with Gasteiger partial charge in [0.15, 0.2) is 0 Å². The van der Waals surface area contributed by atoms with Gasteiger partial charge in [-0.2, -0.15) is 0 Å². The molecule has 0 saturated carbocycles. The van der Waals surface area contributed by atoms with Crippen molar-refractivity contribution in [1.82, 2.24) is 5.32 Å². The summed E-state index contributed by atoms with van der Waals surface area (Å²) in [6.45, 7) is 0. The smallest absolute Gasteiger partial charge is 0.302 e. The van der Waals surface area contributed by atoms with E-state index >= 15 is 0 Å². The van der Waals surface area contributed by atoms with E-state index in [2.05, 4.69) is 21.2 Å². The fraction of sp³-hybridized carbons (Fsp3) is 0. The van der Waals surface area contributed by atoms with Crippen molar-refractivity contribution in [1.29, 1.82) is 0 Å². The molecule has 1 saturated heterocycles. The van der Waals surface area contributed by atoms with Crippen molar-refractivity contribution < 1.29 is 9.59 Å². The third kappa shape index (κ3) is 2.39. The lowest BCUT2D eigenvalue weighted by molar-refractivity contribution is -0.113. The van der Waals surface area contributed by atoms with Gasteiger partial charge in [0, 0.05) is 14.7 Å². The van der Waals surface area contributed by atoms with E-state index in [1.54, 1.807) is 30.3 Å². The van der Waals surface area contributed by atoms with Crippen LogP contribution in [0.25, 0.3) is 6.08 Å². The Balaban J connectivity index is 1.93. The number of carbonyl (C=O) groups excluding carboxylic acids is 2. The molecule has 6 heteroatoms. The van der Waals surface area contributed by atoms with Gasteiger partial charge in [-0.25, -0.2) is 9.69 Å². The predicted octanol–water partition coefficient (Wildman–Crippen LogP) is 3.61. The normalized spacial score (nSPS) is 16.9. The minimum Gasteiger partial charge on any atom is -0.302 e. The Labute approximate surface area is 127 Å². The molecule has 20 heavy (non-hydrogen) atoms. The average Bonchev–Trinajstić information content (AvgIpc) is 2.96. The molecule has 1 N–H and O–H groups in total. The zero-order valence-corrected chi connectivity index (χ0v) is 12.6. The summed E-state index contributed by atoms with van der Waals surface area (Å²) in [4.78, 5) is 26.3. The van der Waals surface area contributed by atoms with E-state index in [-0.39, 0.29) is 11.6 Å². The van der Waals surface area contributed by atoms with Gasteiger partial charge in [-0.1, -0.05) is 18.2 Å². The van der Waals surface area contributed by atoms with Crippen LogP contribution in [0, 0.1) is 0 Å². The van der Waals surface area contributed by atoms with Crippen LogP contribution < -0.4 is 10.2 Å². The number of imide groups is 1. The number of benzene rings is 1. The molecule has 2 aromatic rings. The van der Waals surface area contributed by atoms with E-state index in [0.717, 1.165) is 14.2 Å². The number of para-hydroxylation sites is 1. The molecule has 0 unspecified atom stereocenters. The Morgan fingerprint density at radius 3 is 2.60 bits per heavy atom. The van der Waals surface area contributed by atoms with Crippen molar-refractivity contribution in [3.05, 3.63) is 56.8 Å². The van der Waals surface area contributed by atoms with Crippen LogP contribution in [0.3, 0.4) is 0 Å². The summed E-state index contributed by atoms with van der Waals surface area (Å²) in [5.41, 5.74) is 0.846. The van der Waals surface area contributed by atoms with Crippen molar-refractivity contribution in [3.63, 3.8) is 0 Å². The standard InChI is InChI=1S/C14H9BrN2O2S/c15-9-6-11(20-8-9)7-12-13(18)17(14(19)16-12)10-4-2-1-3-5-10/h1-8H,(H,16,19)/b12-7+. The summed E-state index contributed by atoms with van der Waals surface area (Å²) in [7, 11) is 0. The van der Waals surface area contributed by atoms with Crippen LogP contribution in [0.5, 0.6) is 0 Å². The molecule has 0 bridgehead atoms. The fourth-order valence-electron chi connectivity index (χ4n) is 1.89. The quantitative estimate of drug-likeness (QED) is 0.665. The summed E-state index contributed by atoms with van der Waals surface area (Å²) in [6, 6.07) is 10.3. The zero-order valence-electron chi connectivity index (χ0n) is 10.2. The number of urea groups is 1. The van der Waals surface area contributed by atoms with Crippen molar-refractivity contribution in [2.45, 2.75) is 0 Å². The fourth-order valence-corrected chi connectivity index (χ4v) is 3.27. The highest BCUT2D eigenvalue weighted by atomic mass is 79.9. The van der Waals surface area contributed by atoms with Crippen LogP contribution in [0.15, 0.2) is 51.9 Å².